The number of hydrogen-bond donors (Lipinski definition) is 0. The van der Waals surface area contributed by atoms with Gasteiger partial charge < -0.3 is 9.47 Å². The van der Waals surface area contributed by atoms with Crippen LogP contribution < -0.4 is 4.74 Å². The van der Waals surface area contributed by atoms with E-state index in [9.17, 15) is 0 Å². The summed E-state index contributed by atoms with van der Waals surface area (Å²) in [4.78, 5) is 0. The van der Waals surface area contributed by atoms with Gasteiger partial charge in [0.05, 0.1) is 12.7 Å². The van der Waals surface area contributed by atoms with Crippen molar-refractivity contribution < 1.29 is 9.47 Å². The van der Waals surface area contributed by atoms with Crippen molar-refractivity contribution >= 4 is 6.08 Å². The molecule has 1 aromatic rings. The Hall–Kier alpha value is -1.28. The van der Waals surface area contributed by atoms with Crippen LogP contribution in [0, 0.1) is 0 Å². The molecule has 0 amide bonds. The molecule has 0 saturated heterocycles. The second-order valence-corrected chi connectivity index (χ2v) is 5.30. The molecule has 1 aliphatic rings. The van der Waals surface area contributed by atoms with E-state index in [0.29, 0.717) is 12.7 Å². The fraction of sp³-hybridized carbons (Fsp3) is 0.529. The highest BCUT2D eigenvalue weighted by molar-refractivity contribution is 5.49. The molecule has 0 N–H and O–H groups in total. The first kappa shape index (κ1) is 14.1. The van der Waals surface area contributed by atoms with Crippen molar-refractivity contribution in [2.45, 2.75) is 51.2 Å². The van der Waals surface area contributed by atoms with Gasteiger partial charge in [-0.3, -0.25) is 0 Å². The van der Waals surface area contributed by atoms with Crippen molar-refractivity contribution in [1.29, 1.82) is 0 Å². The van der Waals surface area contributed by atoms with Crippen LogP contribution in [0.1, 0.15) is 44.6 Å². The highest BCUT2D eigenvalue weighted by atomic mass is 16.5. The zero-order valence-corrected chi connectivity index (χ0v) is 11.8. The minimum Gasteiger partial charge on any atom is -0.488 e. The second-order valence-electron chi connectivity index (χ2n) is 5.30. The number of ether oxygens (including phenoxy) is 2. The van der Waals surface area contributed by atoms with Crippen molar-refractivity contribution in [3.05, 3.63) is 36.4 Å². The van der Waals surface area contributed by atoms with Crippen LogP contribution in [0.25, 0.3) is 6.08 Å². The van der Waals surface area contributed by atoms with E-state index < -0.39 is 0 Å². The third-order valence-electron chi connectivity index (χ3n) is 3.55. The van der Waals surface area contributed by atoms with Crippen molar-refractivity contribution in [3.63, 3.8) is 0 Å². The lowest BCUT2D eigenvalue weighted by molar-refractivity contribution is -0.0107. The van der Waals surface area contributed by atoms with E-state index in [1.165, 1.54) is 32.1 Å². The molecule has 0 spiro atoms. The van der Waals surface area contributed by atoms with Gasteiger partial charge in [-0.2, -0.15) is 0 Å². The Morgan fingerprint density at radius 3 is 2.84 bits per heavy atom. The van der Waals surface area contributed by atoms with E-state index in [4.69, 9.17) is 9.47 Å². The fourth-order valence-corrected chi connectivity index (χ4v) is 2.48. The lowest BCUT2D eigenvalue weighted by Crippen LogP contribution is -2.25. The zero-order valence-electron chi connectivity index (χ0n) is 11.8. The molecule has 2 rings (SSSR count). The molecule has 19 heavy (non-hydrogen) atoms. The SMILES string of the molecule is C=Cc1cccc(OC(C)COC2CCCCC2)c1. The molecule has 0 aromatic heterocycles. The van der Waals surface area contributed by atoms with Crippen LogP contribution >= 0.6 is 0 Å². The van der Waals surface area contributed by atoms with Crippen molar-refractivity contribution in [2.24, 2.45) is 0 Å². The van der Waals surface area contributed by atoms with Crippen LogP contribution in [0.5, 0.6) is 5.75 Å². The van der Waals surface area contributed by atoms with E-state index >= 15 is 0 Å². The third-order valence-corrected chi connectivity index (χ3v) is 3.55. The summed E-state index contributed by atoms with van der Waals surface area (Å²) in [5, 5.41) is 0. The van der Waals surface area contributed by atoms with E-state index in [-0.39, 0.29) is 6.10 Å². The first-order valence-electron chi connectivity index (χ1n) is 7.28. The Kier molecular flexibility index (Phi) is 5.46. The van der Waals surface area contributed by atoms with Gasteiger partial charge in [-0.1, -0.05) is 44.1 Å². The molecular weight excluding hydrogens is 236 g/mol. The number of hydrogen-bond acceptors (Lipinski definition) is 2. The first-order valence-corrected chi connectivity index (χ1v) is 7.28. The Morgan fingerprint density at radius 2 is 2.11 bits per heavy atom. The summed E-state index contributed by atoms with van der Waals surface area (Å²) < 4.78 is 11.8. The molecule has 1 unspecified atom stereocenters. The van der Waals surface area contributed by atoms with Crippen LogP contribution in [0.2, 0.25) is 0 Å². The molecule has 1 atom stereocenters. The Balaban J connectivity index is 1.76. The molecule has 1 aliphatic carbocycles. The Morgan fingerprint density at radius 1 is 1.32 bits per heavy atom. The molecule has 0 aliphatic heterocycles. The van der Waals surface area contributed by atoms with E-state index in [0.717, 1.165) is 11.3 Å². The number of benzene rings is 1. The quantitative estimate of drug-likeness (QED) is 0.752. The zero-order chi connectivity index (χ0) is 13.5. The van der Waals surface area contributed by atoms with Gasteiger partial charge in [0.2, 0.25) is 0 Å². The molecule has 2 nitrogen and oxygen atoms in total. The van der Waals surface area contributed by atoms with Gasteiger partial charge in [-0.05, 0) is 37.5 Å². The Labute approximate surface area is 116 Å². The van der Waals surface area contributed by atoms with Crippen molar-refractivity contribution in [3.8, 4) is 5.75 Å². The van der Waals surface area contributed by atoms with Crippen LogP contribution in [-0.4, -0.2) is 18.8 Å². The van der Waals surface area contributed by atoms with Gasteiger partial charge in [-0.25, -0.2) is 0 Å². The molecule has 0 radical (unpaired) electrons. The lowest BCUT2D eigenvalue weighted by atomic mass is 9.98. The van der Waals surface area contributed by atoms with Crippen LogP contribution in [0.3, 0.4) is 0 Å². The van der Waals surface area contributed by atoms with Gasteiger partial charge in [0.25, 0.3) is 0 Å². The normalized spacial score (nSPS) is 17.9. The summed E-state index contributed by atoms with van der Waals surface area (Å²) >= 11 is 0. The molecule has 1 fully saturated rings. The average molecular weight is 260 g/mol. The molecule has 0 heterocycles. The van der Waals surface area contributed by atoms with Crippen LogP contribution in [0.15, 0.2) is 30.8 Å². The van der Waals surface area contributed by atoms with Gasteiger partial charge >= 0.3 is 0 Å². The third kappa shape index (κ3) is 4.71. The van der Waals surface area contributed by atoms with E-state index in [2.05, 4.69) is 13.5 Å². The lowest BCUT2D eigenvalue weighted by Gasteiger charge is -2.24. The average Bonchev–Trinajstić information content (AvgIpc) is 2.46. The van der Waals surface area contributed by atoms with E-state index in [1.807, 2.05) is 30.3 Å². The minimum atomic E-state index is 0.0852. The van der Waals surface area contributed by atoms with Crippen LogP contribution in [-0.2, 0) is 4.74 Å². The molecular formula is C17H24O2. The maximum Gasteiger partial charge on any atom is 0.120 e. The monoisotopic (exact) mass is 260 g/mol. The summed E-state index contributed by atoms with van der Waals surface area (Å²) in [6, 6.07) is 7.98. The van der Waals surface area contributed by atoms with Gasteiger partial charge in [-0.15, -0.1) is 0 Å². The second kappa shape index (κ2) is 7.34. The topological polar surface area (TPSA) is 18.5 Å². The highest BCUT2D eigenvalue weighted by Gasteiger charge is 2.15. The standard InChI is InChI=1S/C17H24O2/c1-3-15-8-7-11-17(12-15)19-14(2)13-18-16-9-5-4-6-10-16/h3,7-8,11-12,14,16H,1,4-6,9-10,13H2,2H3. The van der Waals surface area contributed by atoms with Gasteiger partial charge in [0, 0.05) is 0 Å². The van der Waals surface area contributed by atoms with Gasteiger partial charge in [0.1, 0.15) is 11.9 Å². The highest BCUT2D eigenvalue weighted by Crippen LogP contribution is 2.21. The summed E-state index contributed by atoms with van der Waals surface area (Å²) in [6.07, 6.45) is 8.75. The van der Waals surface area contributed by atoms with E-state index in [1.54, 1.807) is 0 Å². The maximum atomic E-state index is 5.93. The Bertz CT molecular complexity index is 394. The minimum absolute atomic E-state index is 0.0852. The molecule has 0 bridgehead atoms. The first-order chi connectivity index (χ1) is 9.28. The predicted octanol–water partition coefficient (Wildman–Crippen LogP) is 4.45. The smallest absolute Gasteiger partial charge is 0.120 e. The molecule has 104 valence electrons. The maximum absolute atomic E-state index is 5.93. The van der Waals surface area contributed by atoms with Gasteiger partial charge in [0.15, 0.2) is 0 Å². The summed E-state index contributed by atoms with van der Waals surface area (Å²) in [5.41, 5.74) is 1.08. The van der Waals surface area contributed by atoms with Crippen molar-refractivity contribution in [2.75, 3.05) is 6.61 Å². The fourth-order valence-electron chi connectivity index (χ4n) is 2.48. The largest absolute Gasteiger partial charge is 0.488 e. The summed E-state index contributed by atoms with van der Waals surface area (Å²) in [6.45, 7) is 6.50. The predicted molar refractivity (Wildman–Crippen MR) is 79.4 cm³/mol. The molecule has 1 aromatic carbocycles. The summed E-state index contributed by atoms with van der Waals surface area (Å²) in [7, 11) is 0. The van der Waals surface area contributed by atoms with Crippen molar-refractivity contribution in [1.82, 2.24) is 0 Å². The molecule has 1 saturated carbocycles. The molecule has 2 heteroatoms. The number of rotatable bonds is 6. The summed E-state index contributed by atoms with van der Waals surface area (Å²) in [5.74, 6) is 0.886. The van der Waals surface area contributed by atoms with Crippen LogP contribution in [0.4, 0.5) is 0 Å².